The minimum absolute atomic E-state index is 0.0353. The number of benzene rings is 1. The molecule has 0 saturated heterocycles. The summed E-state index contributed by atoms with van der Waals surface area (Å²) in [7, 11) is 0. The van der Waals surface area contributed by atoms with Gasteiger partial charge in [-0.05, 0) is 31.0 Å². The zero-order chi connectivity index (χ0) is 16.8. The Balaban J connectivity index is 2.14. The van der Waals surface area contributed by atoms with Crippen molar-refractivity contribution in [3.05, 3.63) is 69.1 Å². The molecule has 0 radical (unpaired) electrons. The number of allylic oxidation sites excluding steroid dienone is 1. The third-order valence-electron chi connectivity index (χ3n) is 4.15. The van der Waals surface area contributed by atoms with Crippen LogP contribution in [0.4, 0.5) is 0 Å². The lowest BCUT2D eigenvalue weighted by Crippen LogP contribution is -2.39. The number of nitrogens with zero attached hydrogens (tertiary/aromatic N) is 4. The van der Waals surface area contributed by atoms with Crippen molar-refractivity contribution in [3.63, 3.8) is 0 Å². The second-order valence-corrected chi connectivity index (χ2v) is 6.30. The monoisotopic (exact) mass is 342 g/mol. The number of fused-ring (bicyclic) bond motifs is 1. The average Bonchev–Trinajstić information content (AvgIpc) is 3.29. The Labute approximate surface area is 142 Å². The van der Waals surface area contributed by atoms with E-state index in [0.29, 0.717) is 28.4 Å². The molecule has 7 heteroatoms. The normalized spacial score (nSPS) is 14.2. The topological polar surface area (TPSA) is 61.8 Å². The van der Waals surface area contributed by atoms with E-state index in [2.05, 4.69) is 11.6 Å². The maximum Gasteiger partial charge on any atom is 0.337 e. The zero-order valence-electron chi connectivity index (χ0n) is 12.9. The molecule has 1 saturated carbocycles. The number of rotatable bonds is 4. The van der Waals surface area contributed by atoms with Gasteiger partial charge in [0.25, 0.3) is 5.56 Å². The SMILES string of the molecule is C=CCn1cnc2c1c(=O)n(C1CC1)c(=O)n2-c1cccc(Cl)c1. The molecule has 2 heterocycles. The van der Waals surface area contributed by atoms with Gasteiger partial charge in [0.05, 0.1) is 12.0 Å². The molecule has 0 spiro atoms. The summed E-state index contributed by atoms with van der Waals surface area (Å²) in [5.74, 6) is 0. The summed E-state index contributed by atoms with van der Waals surface area (Å²) in [5, 5.41) is 0.516. The molecule has 24 heavy (non-hydrogen) atoms. The molecule has 3 aromatic rings. The highest BCUT2D eigenvalue weighted by Gasteiger charge is 2.30. The van der Waals surface area contributed by atoms with Crippen LogP contribution in [0, 0.1) is 0 Å². The lowest BCUT2D eigenvalue weighted by atomic mass is 10.3. The van der Waals surface area contributed by atoms with Crippen LogP contribution in [0.5, 0.6) is 0 Å². The molecule has 6 nitrogen and oxygen atoms in total. The van der Waals surface area contributed by atoms with Gasteiger partial charge in [-0.15, -0.1) is 6.58 Å². The third-order valence-corrected chi connectivity index (χ3v) is 4.39. The van der Waals surface area contributed by atoms with E-state index in [1.54, 1.807) is 41.2 Å². The van der Waals surface area contributed by atoms with Crippen molar-refractivity contribution in [1.29, 1.82) is 0 Å². The summed E-state index contributed by atoms with van der Waals surface area (Å²) in [6, 6.07) is 6.94. The second-order valence-electron chi connectivity index (χ2n) is 5.86. The second kappa shape index (κ2) is 5.49. The van der Waals surface area contributed by atoms with E-state index >= 15 is 0 Å². The molecule has 1 aliphatic rings. The molecule has 1 fully saturated rings. The van der Waals surface area contributed by atoms with Crippen LogP contribution in [-0.4, -0.2) is 18.7 Å². The molecule has 1 aromatic carbocycles. The maximum atomic E-state index is 13.0. The van der Waals surface area contributed by atoms with Crippen LogP contribution < -0.4 is 11.2 Å². The minimum atomic E-state index is -0.374. The molecule has 1 aliphatic carbocycles. The molecule has 0 N–H and O–H groups in total. The van der Waals surface area contributed by atoms with E-state index in [1.165, 1.54) is 9.13 Å². The lowest BCUT2D eigenvalue weighted by molar-refractivity contribution is 0.639. The Kier molecular flexibility index (Phi) is 3.42. The zero-order valence-corrected chi connectivity index (χ0v) is 13.6. The Morgan fingerprint density at radius 3 is 2.79 bits per heavy atom. The molecule has 4 rings (SSSR count). The Hall–Kier alpha value is -2.60. The molecule has 2 aromatic heterocycles. The number of hydrogen-bond acceptors (Lipinski definition) is 3. The Morgan fingerprint density at radius 1 is 1.33 bits per heavy atom. The summed E-state index contributed by atoms with van der Waals surface area (Å²) in [6.45, 7) is 4.16. The quantitative estimate of drug-likeness (QED) is 0.684. The fraction of sp³-hybridized carbons (Fsp3) is 0.235. The number of aromatic nitrogens is 4. The van der Waals surface area contributed by atoms with Crippen molar-refractivity contribution in [2.75, 3.05) is 0 Å². The van der Waals surface area contributed by atoms with Gasteiger partial charge in [0, 0.05) is 17.6 Å². The molecular formula is C17H15ClN4O2. The highest BCUT2D eigenvalue weighted by atomic mass is 35.5. The molecule has 0 bridgehead atoms. The number of imidazole rings is 1. The molecular weight excluding hydrogens is 328 g/mol. The summed E-state index contributed by atoms with van der Waals surface area (Å²) in [5.41, 5.74) is 0.666. The van der Waals surface area contributed by atoms with Gasteiger partial charge in [-0.2, -0.15) is 0 Å². The van der Waals surface area contributed by atoms with Crippen LogP contribution in [0.25, 0.3) is 16.9 Å². The third kappa shape index (κ3) is 2.22. The van der Waals surface area contributed by atoms with Crippen LogP contribution >= 0.6 is 11.6 Å². The molecule has 0 amide bonds. The van der Waals surface area contributed by atoms with Gasteiger partial charge < -0.3 is 4.57 Å². The highest BCUT2D eigenvalue weighted by Crippen LogP contribution is 2.32. The predicted molar refractivity (Wildman–Crippen MR) is 93.1 cm³/mol. The first-order valence-electron chi connectivity index (χ1n) is 7.71. The average molecular weight is 343 g/mol. The number of halogens is 1. The van der Waals surface area contributed by atoms with E-state index in [9.17, 15) is 9.59 Å². The minimum Gasteiger partial charge on any atom is -0.321 e. The van der Waals surface area contributed by atoms with Gasteiger partial charge in [0.15, 0.2) is 11.2 Å². The Morgan fingerprint density at radius 2 is 2.12 bits per heavy atom. The summed E-state index contributed by atoms with van der Waals surface area (Å²) in [6.07, 6.45) is 4.93. The largest absolute Gasteiger partial charge is 0.337 e. The van der Waals surface area contributed by atoms with Gasteiger partial charge >= 0.3 is 5.69 Å². The lowest BCUT2D eigenvalue weighted by Gasteiger charge is -2.12. The summed E-state index contributed by atoms with van der Waals surface area (Å²) >= 11 is 6.08. The van der Waals surface area contributed by atoms with E-state index in [4.69, 9.17) is 11.6 Å². The fourth-order valence-corrected chi connectivity index (χ4v) is 3.12. The van der Waals surface area contributed by atoms with E-state index in [1.807, 2.05) is 0 Å². The van der Waals surface area contributed by atoms with Crippen molar-refractivity contribution in [2.45, 2.75) is 25.4 Å². The van der Waals surface area contributed by atoms with E-state index < -0.39 is 0 Å². The Bertz CT molecular complexity index is 1070. The van der Waals surface area contributed by atoms with Crippen molar-refractivity contribution in [2.24, 2.45) is 0 Å². The fourth-order valence-electron chi connectivity index (χ4n) is 2.93. The van der Waals surface area contributed by atoms with Gasteiger partial charge in [-0.1, -0.05) is 23.7 Å². The summed E-state index contributed by atoms with van der Waals surface area (Å²) in [4.78, 5) is 30.2. The van der Waals surface area contributed by atoms with E-state index in [-0.39, 0.29) is 17.3 Å². The van der Waals surface area contributed by atoms with Crippen LogP contribution in [0.2, 0.25) is 5.02 Å². The molecule has 0 unspecified atom stereocenters. The highest BCUT2D eigenvalue weighted by molar-refractivity contribution is 6.30. The molecule has 0 atom stereocenters. The van der Waals surface area contributed by atoms with E-state index in [0.717, 1.165) is 12.8 Å². The molecule has 122 valence electrons. The van der Waals surface area contributed by atoms with Crippen LogP contribution in [0.15, 0.2) is 52.8 Å². The van der Waals surface area contributed by atoms with Gasteiger partial charge in [0.2, 0.25) is 0 Å². The van der Waals surface area contributed by atoms with Crippen LogP contribution in [0.1, 0.15) is 18.9 Å². The van der Waals surface area contributed by atoms with Crippen LogP contribution in [-0.2, 0) is 6.54 Å². The first-order chi connectivity index (χ1) is 11.6. The standard InChI is InChI=1S/C17H15ClN4O2/c1-2-8-20-10-19-15-14(20)16(23)22(12-6-7-12)17(24)21(15)13-5-3-4-11(18)9-13/h2-5,9-10,12H,1,6-8H2. The first kappa shape index (κ1) is 15.0. The molecule has 0 aliphatic heterocycles. The van der Waals surface area contributed by atoms with Crippen LogP contribution in [0.3, 0.4) is 0 Å². The van der Waals surface area contributed by atoms with Crippen molar-refractivity contribution in [1.82, 2.24) is 18.7 Å². The number of hydrogen-bond donors (Lipinski definition) is 0. The van der Waals surface area contributed by atoms with Gasteiger partial charge in [0.1, 0.15) is 0 Å². The van der Waals surface area contributed by atoms with Crippen molar-refractivity contribution >= 4 is 22.8 Å². The van der Waals surface area contributed by atoms with Gasteiger partial charge in [-0.25, -0.2) is 14.3 Å². The van der Waals surface area contributed by atoms with Crippen molar-refractivity contribution < 1.29 is 0 Å². The first-order valence-corrected chi connectivity index (χ1v) is 8.09. The van der Waals surface area contributed by atoms with Crippen molar-refractivity contribution in [3.8, 4) is 5.69 Å². The summed E-state index contributed by atoms with van der Waals surface area (Å²) < 4.78 is 4.51. The smallest absolute Gasteiger partial charge is 0.321 e. The maximum absolute atomic E-state index is 13.0. The van der Waals surface area contributed by atoms with Gasteiger partial charge in [-0.3, -0.25) is 9.36 Å². The predicted octanol–water partition coefficient (Wildman–Crippen LogP) is 2.52.